The number of thiophene rings is 1. The highest BCUT2D eigenvalue weighted by Crippen LogP contribution is 2.30. The Morgan fingerprint density at radius 3 is 2.56 bits per heavy atom. The van der Waals surface area contributed by atoms with Crippen LogP contribution in [0.3, 0.4) is 0 Å². The van der Waals surface area contributed by atoms with E-state index in [1.165, 1.54) is 0 Å². The summed E-state index contributed by atoms with van der Waals surface area (Å²) < 4.78 is 0. The van der Waals surface area contributed by atoms with Crippen LogP contribution in [0.5, 0.6) is 0 Å². The molecule has 2 aliphatic rings. The number of hydrogen-bond donors (Lipinski definition) is 0. The van der Waals surface area contributed by atoms with E-state index in [0.29, 0.717) is 11.3 Å². The van der Waals surface area contributed by atoms with Crippen molar-refractivity contribution in [3.8, 4) is 0 Å². The Bertz CT molecular complexity index is 925. The predicted octanol–water partition coefficient (Wildman–Crippen LogP) is 2.76. The van der Waals surface area contributed by atoms with Crippen LogP contribution < -0.4 is 4.90 Å². The van der Waals surface area contributed by atoms with Crippen molar-refractivity contribution in [2.45, 2.75) is 6.92 Å². The van der Waals surface area contributed by atoms with Crippen molar-refractivity contribution in [3.05, 3.63) is 58.5 Å². The summed E-state index contributed by atoms with van der Waals surface area (Å²) in [7, 11) is 0. The van der Waals surface area contributed by atoms with Crippen LogP contribution >= 0.6 is 11.3 Å². The normalized spacial score (nSPS) is 18.6. The summed E-state index contributed by atoms with van der Waals surface area (Å²) in [6, 6.07) is 13.6. The fourth-order valence-electron chi connectivity index (χ4n) is 3.19. The molecule has 2 aromatic rings. The van der Waals surface area contributed by atoms with Crippen LogP contribution in [0.2, 0.25) is 0 Å². The predicted molar refractivity (Wildman–Crippen MR) is 106 cm³/mol. The first-order chi connectivity index (χ1) is 13.1. The zero-order valence-electron chi connectivity index (χ0n) is 14.9. The van der Waals surface area contributed by atoms with Crippen LogP contribution in [0.4, 0.5) is 5.00 Å². The number of piperazine rings is 1. The number of amides is 1. The van der Waals surface area contributed by atoms with Gasteiger partial charge in [0.15, 0.2) is 0 Å². The molecule has 0 unspecified atom stereocenters. The average Bonchev–Trinajstić information content (AvgIpc) is 3.30. The van der Waals surface area contributed by atoms with Gasteiger partial charge >= 0.3 is 5.97 Å². The van der Waals surface area contributed by atoms with Gasteiger partial charge in [0, 0.05) is 43.5 Å². The number of carbonyl (C=O) groups excluding carboxylic acids is 2. The molecule has 0 saturated carbocycles. The molecule has 3 heterocycles. The molecular weight excluding hydrogens is 362 g/mol. The molecule has 1 aromatic carbocycles. The van der Waals surface area contributed by atoms with E-state index in [9.17, 15) is 9.59 Å². The van der Waals surface area contributed by atoms with Crippen LogP contribution in [0, 0.1) is 0 Å². The van der Waals surface area contributed by atoms with Crippen molar-refractivity contribution in [2.75, 3.05) is 31.1 Å². The number of oxime groups is 1. The highest BCUT2D eigenvalue weighted by atomic mass is 32.1. The topological polar surface area (TPSA) is 62.2 Å². The standard InChI is InChI=1S/C20H19N3O3S/c1-14(24)22-9-11-23(12-10-22)18-8-7-16(27-18)13-17-19(21-26-20(17)25)15-5-3-2-4-6-15/h2-8,13H,9-12H2,1H3/b17-13+. The molecule has 0 bridgehead atoms. The highest BCUT2D eigenvalue weighted by molar-refractivity contribution is 7.17. The fraction of sp³-hybridized carbons (Fsp3) is 0.250. The van der Waals surface area contributed by atoms with Crippen molar-refractivity contribution in [1.29, 1.82) is 0 Å². The Morgan fingerprint density at radius 1 is 1.11 bits per heavy atom. The van der Waals surface area contributed by atoms with Crippen molar-refractivity contribution < 1.29 is 14.4 Å². The molecule has 0 spiro atoms. The summed E-state index contributed by atoms with van der Waals surface area (Å²) in [6.45, 7) is 4.71. The summed E-state index contributed by atoms with van der Waals surface area (Å²) in [4.78, 5) is 33.6. The number of nitrogens with zero attached hydrogens (tertiary/aromatic N) is 3. The number of benzene rings is 1. The molecule has 0 atom stereocenters. The van der Waals surface area contributed by atoms with E-state index < -0.39 is 5.97 Å². The zero-order chi connectivity index (χ0) is 18.8. The Morgan fingerprint density at radius 2 is 1.85 bits per heavy atom. The summed E-state index contributed by atoms with van der Waals surface area (Å²) >= 11 is 1.62. The first kappa shape index (κ1) is 17.5. The molecule has 1 amide bonds. The van der Waals surface area contributed by atoms with E-state index in [1.54, 1.807) is 18.3 Å². The minimum absolute atomic E-state index is 0.124. The fourth-order valence-corrected chi connectivity index (χ4v) is 4.19. The number of carbonyl (C=O) groups is 2. The van der Waals surface area contributed by atoms with Crippen molar-refractivity contribution in [3.63, 3.8) is 0 Å². The van der Waals surface area contributed by atoms with Gasteiger partial charge in [-0.3, -0.25) is 4.79 Å². The Kier molecular flexibility index (Phi) is 4.77. The first-order valence-electron chi connectivity index (χ1n) is 8.79. The van der Waals surface area contributed by atoms with Gasteiger partial charge in [-0.15, -0.1) is 11.3 Å². The van der Waals surface area contributed by atoms with Crippen LogP contribution in [0.25, 0.3) is 6.08 Å². The quantitative estimate of drug-likeness (QED) is 0.606. The van der Waals surface area contributed by atoms with E-state index in [-0.39, 0.29) is 5.91 Å². The minimum atomic E-state index is -0.432. The molecule has 1 aromatic heterocycles. The average molecular weight is 381 g/mol. The van der Waals surface area contributed by atoms with Crippen molar-refractivity contribution in [2.24, 2.45) is 5.16 Å². The third-order valence-electron chi connectivity index (χ3n) is 4.68. The molecule has 138 valence electrons. The second-order valence-corrected chi connectivity index (χ2v) is 7.51. The van der Waals surface area contributed by atoms with Crippen LogP contribution in [0.1, 0.15) is 17.4 Å². The van der Waals surface area contributed by atoms with E-state index in [1.807, 2.05) is 47.4 Å². The van der Waals surface area contributed by atoms with Gasteiger partial charge in [0.25, 0.3) is 0 Å². The summed E-state index contributed by atoms with van der Waals surface area (Å²) in [5.41, 5.74) is 1.88. The Labute approximate surface area is 161 Å². The molecule has 0 aliphatic carbocycles. The van der Waals surface area contributed by atoms with Gasteiger partial charge < -0.3 is 14.6 Å². The second kappa shape index (κ2) is 7.36. The second-order valence-electron chi connectivity index (χ2n) is 6.41. The third kappa shape index (κ3) is 3.64. The Balaban J connectivity index is 1.52. The number of anilines is 1. The number of hydrogen-bond acceptors (Lipinski definition) is 6. The van der Waals surface area contributed by atoms with Gasteiger partial charge in [-0.25, -0.2) is 4.79 Å². The van der Waals surface area contributed by atoms with Gasteiger partial charge in [0.1, 0.15) is 5.71 Å². The lowest BCUT2D eigenvalue weighted by atomic mass is 10.0. The van der Waals surface area contributed by atoms with E-state index in [4.69, 9.17) is 4.84 Å². The minimum Gasteiger partial charge on any atom is -0.360 e. The van der Waals surface area contributed by atoms with Crippen LogP contribution in [-0.2, 0) is 14.4 Å². The van der Waals surface area contributed by atoms with Crippen molar-refractivity contribution >= 4 is 40.0 Å². The molecule has 7 heteroatoms. The molecular formula is C20H19N3O3S. The van der Waals surface area contributed by atoms with Crippen LogP contribution in [0.15, 0.2) is 53.2 Å². The molecule has 0 radical (unpaired) electrons. The SMILES string of the molecule is CC(=O)N1CCN(c2ccc(/C=C3/C(=O)ON=C3c3ccccc3)s2)CC1. The lowest BCUT2D eigenvalue weighted by Gasteiger charge is -2.34. The third-order valence-corrected chi connectivity index (χ3v) is 5.77. The largest absolute Gasteiger partial charge is 0.368 e. The Hall–Kier alpha value is -2.93. The summed E-state index contributed by atoms with van der Waals surface area (Å²) in [5.74, 6) is -0.308. The molecule has 1 saturated heterocycles. The molecule has 6 nitrogen and oxygen atoms in total. The maximum absolute atomic E-state index is 12.1. The molecule has 2 aliphatic heterocycles. The van der Waals surface area contributed by atoms with Crippen LogP contribution in [-0.4, -0.2) is 48.7 Å². The number of rotatable bonds is 3. The maximum Gasteiger partial charge on any atom is 0.368 e. The highest BCUT2D eigenvalue weighted by Gasteiger charge is 2.27. The van der Waals surface area contributed by atoms with E-state index in [2.05, 4.69) is 16.1 Å². The van der Waals surface area contributed by atoms with Crippen molar-refractivity contribution in [1.82, 2.24) is 4.90 Å². The van der Waals surface area contributed by atoms with Gasteiger partial charge in [-0.2, -0.15) is 0 Å². The van der Waals surface area contributed by atoms with Gasteiger partial charge in [-0.05, 0) is 18.2 Å². The first-order valence-corrected chi connectivity index (χ1v) is 9.60. The molecule has 1 fully saturated rings. The smallest absolute Gasteiger partial charge is 0.360 e. The van der Waals surface area contributed by atoms with Gasteiger partial charge in [-0.1, -0.05) is 35.5 Å². The summed E-state index contributed by atoms with van der Waals surface area (Å²) in [5, 5.41) is 5.08. The van der Waals surface area contributed by atoms with E-state index in [0.717, 1.165) is 41.6 Å². The molecule has 4 rings (SSSR count). The zero-order valence-corrected chi connectivity index (χ0v) is 15.7. The summed E-state index contributed by atoms with van der Waals surface area (Å²) in [6.07, 6.45) is 1.83. The molecule has 0 N–H and O–H groups in total. The lowest BCUT2D eigenvalue weighted by molar-refractivity contribution is -0.136. The van der Waals surface area contributed by atoms with E-state index >= 15 is 0 Å². The maximum atomic E-state index is 12.1. The lowest BCUT2D eigenvalue weighted by Crippen LogP contribution is -2.47. The molecule has 27 heavy (non-hydrogen) atoms. The van der Waals surface area contributed by atoms with Gasteiger partial charge in [0.2, 0.25) is 5.91 Å². The monoisotopic (exact) mass is 381 g/mol. The van der Waals surface area contributed by atoms with Gasteiger partial charge in [0.05, 0.1) is 10.6 Å².